The first kappa shape index (κ1) is 25.2. The van der Waals surface area contributed by atoms with Gasteiger partial charge in [0.15, 0.2) is 0 Å². The van der Waals surface area contributed by atoms with Crippen LogP contribution in [0.15, 0.2) is 30.3 Å². The van der Waals surface area contributed by atoms with E-state index in [0.717, 1.165) is 12.8 Å². The Morgan fingerprint density at radius 2 is 1.07 bits per heavy atom. The van der Waals surface area contributed by atoms with Crippen molar-refractivity contribution >= 4 is 8.25 Å². The smallest absolute Gasteiger partial charge is 0.367 e. The van der Waals surface area contributed by atoms with Gasteiger partial charge in [-0.25, -0.2) is 4.57 Å². The van der Waals surface area contributed by atoms with Crippen LogP contribution in [0.5, 0.6) is 5.75 Å². The summed E-state index contributed by atoms with van der Waals surface area (Å²) in [6.45, 7) is 2.81. The average Bonchev–Trinajstić information content (AvgIpc) is 2.71. The second-order valence-electron chi connectivity index (χ2n) is 7.82. The maximum atomic E-state index is 11.7. The summed E-state index contributed by atoms with van der Waals surface area (Å²) in [7, 11) is -2.41. The molecule has 162 valence electrons. The molecule has 0 heterocycles. The van der Waals surface area contributed by atoms with Gasteiger partial charge in [-0.2, -0.15) is 0 Å². The molecule has 0 bridgehead atoms. The lowest BCUT2D eigenvalue weighted by Gasteiger charge is -2.06. The molecule has 1 unspecified atom stereocenters. The molecule has 0 radical (unpaired) electrons. The van der Waals surface area contributed by atoms with Crippen LogP contribution >= 0.6 is 8.25 Å². The lowest BCUT2D eigenvalue weighted by Crippen LogP contribution is -1.91. The van der Waals surface area contributed by atoms with Crippen LogP contribution in [0.4, 0.5) is 0 Å². The summed E-state index contributed by atoms with van der Waals surface area (Å²) in [6, 6.07) is 9.21. The van der Waals surface area contributed by atoms with Gasteiger partial charge in [0.2, 0.25) is 0 Å². The maximum absolute atomic E-state index is 11.7. The van der Waals surface area contributed by atoms with Gasteiger partial charge >= 0.3 is 8.25 Å². The Morgan fingerprint density at radius 3 is 1.54 bits per heavy atom. The third-order valence-electron chi connectivity index (χ3n) is 5.16. The molecule has 0 spiro atoms. The molecule has 1 aromatic rings. The van der Waals surface area contributed by atoms with E-state index in [4.69, 9.17) is 9.05 Å². The first-order valence-corrected chi connectivity index (χ1v) is 12.9. The van der Waals surface area contributed by atoms with Crippen molar-refractivity contribution in [2.45, 2.75) is 110 Å². The predicted molar refractivity (Wildman–Crippen MR) is 122 cm³/mol. The van der Waals surface area contributed by atoms with E-state index in [1.165, 1.54) is 89.9 Å². The van der Waals surface area contributed by atoms with E-state index >= 15 is 0 Å². The van der Waals surface area contributed by atoms with Crippen LogP contribution in [0.1, 0.15) is 110 Å². The summed E-state index contributed by atoms with van der Waals surface area (Å²) in [5.74, 6) is 0.610. The van der Waals surface area contributed by atoms with Crippen LogP contribution < -0.4 is 4.52 Å². The quantitative estimate of drug-likeness (QED) is 0.159. The number of hydrogen-bond donors (Lipinski definition) is 0. The van der Waals surface area contributed by atoms with E-state index in [0.29, 0.717) is 12.4 Å². The molecule has 0 saturated carbocycles. The number of hydrogen-bond acceptors (Lipinski definition) is 3. The monoisotopic (exact) mass is 410 g/mol. The van der Waals surface area contributed by atoms with Crippen LogP contribution in [-0.2, 0) is 9.09 Å². The van der Waals surface area contributed by atoms with Gasteiger partial charge in [0.25, 0.3) is 0 Å². The van der Waals surface area contributed by atoms with Gasteiger partial charge < -0.3 is 9.05 Å². The van der Waals surface area contributed by atoms with Crippen molar-refractivity contribution in [2.24, 2.45) is 0 Å². The third kappa shape index (κ3) is 16.2. The maximum Gasteiger partial charge on any atom is 0.367 e. The molecule has 0 aliphatic rings. The molecular weight excluding hydrogens is 367 g/mol. The molecule has 1 aromatic carbocycles. The summed E-state index contributed by atoms with van der Waals surface area (Å²) in [6.07, 6.45) is 21.6. The van der Waals surface area contributed by atoms with Crippen molar-refractivity contribution in [3.05, 3.63) is 30.3 Å². The Hall–Kier alpha value is -0.790. The predicted octanol–water partition coefficient (Wildman–Crippen LogP) is 8.73. The standard InChI is InChI=1S/C24H43O3P/c1-2-3-4-5-6-7-8-9-10-11-12-13-14-15-16-20-23-26-28(25)27-24-21-18-17-19-22-24/h17-19,21-22,28H,2-16,20,23H2,1H3. The minimum absolute atomic E-state index is 0.531. The lowest BCUT2D eigenvalue weighted by molar-refractivity contribution is 0.277. The molecular formula is C24H43O3P. The molecule has 4 heteroatoms. The van der Waals surface area contributed by atoms with Gasteiger partial charge in [0, 0.05) is 0 Å². The highest BCUT2D eigenvalue weighted by Crippen LogP contribution is 2.27. The van der Waals surface area contributed by atoms with Crippen molar-refractivity contribution in [3.63, 3.8) is 0 Å². The number of unbranched alkanes of at least 4 members (excludes halogenated alkanes) is 15. The van der Waals surface area contributed by atoms with E-state index in [9.17, 15) is 4.57 Å². The topological polar surface area (TPSA) is 35.5 Å². The van der Waals surface area contributed by atoms with Crippen molar-refractivity contribution in [2.75, 3.05) is 6.61 Å². The van der Waals surface area contributed by atoms with Gasteiger partial charge in [-0.05, 0) is 18.6 Å². The first-order valence-electron chi connectivity index (χ1n) is 11.7. The zero-order valence-corrected chi connectivity index (χ0v) is 19.1. The molecule has 0 aromatic heterocycles. The Labute approximate surface area is 174 Å². The van der Waals surface area contributed by atoms with Crippen LogP contribution in [0.2, 0.25) is 0 Å². The van der Waals surface area contributed by atoms with E-state index in [2.05, 4.69) is 6.92 Å². The summed E-state index contributed by atoms with van der Waals surface area (Å²) >= 11 is 0. The van der Waals surface area contributed by atoms with E-state index in [1.807, 2.05) is 18.2 Å². The molecule has 3 nitrogen and oxygen atoms in total. The molecule has 1 rings (SSSR count). The van der Waals surface area contributed by atoms with Crippen LogP contribution in [0, 0.1) is 0 Å². The van der Waals surface area contributed by atoms with E-state index in [-0.39, 0.29) is 0 Å². The lowest BCUT2D eigenvalue weighted by atomic mass is 10.0. The largest absolute Gasteiger partial charge is 0.426 e. The molecule has 28 heavy (non-hydrogen) atoms. The number of para-hydroxylation sites is 1. The molecule has 0 aliphatic heterocycles. The summed E-state index contributed by atoms with van der Waals surface area (Å²) in [5.41, 5.74) is 0. The Morgan fingerprint density at radius 1 is 0.643 bits per heavy atom. The molecule has 0 aliphatic carbocycles. The number of rotatable bonds is 20. The SMILES string of the molecule is CCCCCCCCCCCCCCCCCCO[PH](=O)Oc1ccccc1. The van der Waals surface area contributed by atoms with Crippen molar-refractivity contribution in [1.29, 1.82) is 0 Å². The highest BCUT2D eigenvalue weighted by atomic mass is 31.1. The second-order valence-corrected chi connectivity index (χ2v) is 8.81. The Kier molecular flexibility index (Phi) is 17.6. The van der Waals surface area contributed by atoms with E-state index in [1.54, 1.807) is 12.1 Å². The van der Waals surface area contributed by atoms with Crippen LogP contribution in [0.25, 0.3) is 0 Å². The molecule has 0 amide bonds. The third-order valence-corrected chi connectivity index (χ3v) is 6.00. The second kappa shape index (κ2) is 19.5. The molecule has 0 fully saturated rings. The minimum atomic E-state index is -2.41. The van der Waals surface area contributed by atoms with E-state index < -0.39 is 8.25 Å². The van der Waals surface area contributed by atoms with Crippen molar-refractivity contribution in [1.82, 2.24) is 0 Å². The van der Waals surface area contributed by atoms with Gasteiger partial charge in [-0.3, -0.25) is 0 Å². The normalized spacial score (nSPS) is 12.2. The van der Waals surface area contributed by atoms with Gasteiger partial charge in [0.05, 0.1) is 6.61 Å². The van der Waals surface area contributed by atoms with Gasteiger partial charge in [-0.15, -0.1) is 0 Å². The fourth-order valence-corrected chi connectivity index (χ4v) is 4.12. The Balaban J connectivity index is 1.74. The zero-order chi connectivity index (χ0) is 20.1. The minimum Gasteiger partial charge on any atom is -0.426 e. The fraction of sp³-hybridized carbons (Fsp3) is 0.750. The Bertz CT molecular complexity index is 464. The van der Waals surface area contributed by atoms with Crippen LogP contribution in [-0.4, -0.2) is 6.61 Å². The summed E-state index contributed by atoms with van der Waals surface area (Å²) in [4.78, 5) is 0. The summed E-state index contributed by atoms with van der Waals surface area (Å²) < 4.78 is 22.3. The van der Waals surface area contributed by atoms with Crippen molar-refractivity contribution in [3.8, 4) is 5.75 Å². The first-order chi connectivity index (χ1) is 13.8. The zero-order valence-electron chi connectivity index (χ0n) is 18.1. The molecule has 1 atom stereocenters. The van der Waals surface area contributed by atoms with Crippen molar-refractivity contribution < 1.29 is 13.6 Å². The molecule has 0 N–H and O–H groups in total. The number of benzene rings is 1. The summed E-state index contributed by atoms with van der Waals surface area (Å²) in [5, 5.41) is 0. The van der Waals surface area contributed by atoms with Crippen LogP contribution in [0.3, 0.4) is 0 Å². The van der Waals surface area contributed by atoms with Gasteiger partial charge in [0.1, 0.15) is 5.75 Å². The fourth-order valence-electron chi connectivity index (χ4n) is 3.42. The average molecular weight is 411 g/mol. The molecule has 0 saturated heterocycles. The van der Waals surface area contributed by atoms with Gasteiger partial charge in [-0.1, -0.05) is 121 Å². The highest BCUT2D eigenvalue weighted by Gasteiger charge is 2.01. The highest BCUT2D eigenvalue weighted by molar-refractivity contribution is 7.33.